The number of likely N-dealkylation sites (tertiary alicyclic amines) is 1. The van der Waals surface area contributed by atoms with Crippen LogP contribution in [0.15, 0.2) is 12.4 Å². The second kappa shape index (κ2) is 7.04. The number of rotatable bonds is 5. The fraction of sp³-hybridized carbons (Fsp3) is 0.733. The van der Waals surface area contributed by atoms with Crippen molar-refractivity contribution in [2.24, 2.45) is 5.92 Å². The number of carbonyl (C=O) groups is 1. The summed E-state index contributed by atoms with van der Waals surface area (Å²) in [4.78, 5) is 18.1. The van der Waals surface area contributed by atoms with Gasteiger partial charge in [-0.05, 0) is 45.7 Å². The Kier molecular flexibility index (Phi) is 5.36. The minimum atomic E-state index is -0.991. The van der Waals surface area contributed by atoms with E-state index in [4.69, 9.17) is 0 Å². The summed E-state index contributed by atoms with van der Waals surface area (Å²) in [6, 6.07) is 0.404. The van der Waals surface area contributed by atoms with Gasteiger partial charge in [-0.1, -0.05) is 0 Å². The summed E-state index contributed by atoms with van der Waals surface area (Å²) in [6.45, 7) is 6.83. The van der Waals surface area contributed by atoms with Gasteiger partial charge in [0.1, 0.15) is 5.82 Å². The Hall–Kier alpha value is -1.40. The van der Waals surface area contributed by atoms with Gasteiger partial charge in [-0.25, -0.2) is 9.78 Å². The summed E-state index contributed by atoms with van der Waals surface area (Å²) in [5.74, 6) is 0.541. The first-order valence-electron chi connectivity index (χ1n) is 7.53. The third kappa shape index (κ3) is 3.83. The standard InChI is InChI=1S/C15H25N3O3/c1-11(2)18-9-6-16-13(18)10-17-7-4-12(5-8-17)14(19)15(20)21-3/h6,9,11-12,14,19H,4-5,7-8,10H2,1-3H3. The summed E-state index contributed by atoms with van der Waals surface area (Å²) >= 11 is 0. The molecule has 1 N–H and O–H groups in total. The lowest BCUT2D eigenvalue weighted by molar-refractivity contribution is -0.154. The minimum Gasteiger partial charge on any atom is -0.467 e. The molecule has 1 saturated heterocycles. The third-order valence-corrected chi connectivity index (χ3v) is 4.19. The smallest absolute Gasteiger partial charge is 0.334 e. The number of hydrogen-bond donors (Lipinski definition) is 1. The number of esters is 1. The summed E-state index contributed by atoms with van der Waals surface area (Å²) in [6.07, 6.45) is 4.46. The number of ether oxygens (including phenoxy) is 1. The molecule has 2 rings (SSSR count). The molecule has 1 atom stereocenters. The molecule has 1 aromatic rings. The number of methoxy groups -OCH3 is 1. The summed E-state index contributed by atoms with van der Waals surface area (Å²) in [5, 5.41) is 9.89. The van der Waals surface area contributed by atoms with E-state index >= 15 is 0 Å². The number of imidazole rings is 1. The summed E-state index contributed by atoms with van der Waals surface area (Å²) in [7, 11) is 1.31. The van der Waals surface area contributed by atoms with Gasteiger partial charge in [0.15, 0.2) is 6.10 Å². The van der Waals surface area contributed by atoms with Crippen molar-refractivity contribution in [2.75, 3.05) is 20.2 Å². The molecule has 1 aromatic heterocycles. The van der Waals surface area contributed by atoms with Crippen molar-refractivity contribution < 1.29 is 14.6 Å². The SMILES string of the molecule is COC(=O)C(O)C1CCN(Cc2nccn2C(C)C)CC1. The molecule has 0 spiro atoms. The number of aliphatic hydroxyl groups is 1. The largest absolute Gasteiger partial charge is 0.467 e. The average molecular weight is 295 g/mol. The maximum absolute atomic E-state index is 11.4. The van der Waals surface area contributed by atoms with Crippen LogP contribution in [0.2, 0.25) is 0 Å². The van der Waals surface area contributed by atoms with Gasteiger partial charge in [-0.2, -0.15) is 0 Å². The van der Waals surface area contributed by atoms with E-state index in [1.54, 1.807) is 0 Å². The molecule has 0 aliphatic carbocycles. The van der Waals surface area contributed by atoms with E-state index in [9.17, 15) is 9.90 Å². The van der Waals surface area contributed by atoms with E-state index in [1.165, 1.54) is 7.11 Å². The second-order valence-electron chi connectivity index (χ2n) is 5.93. The van der Waals surface area contributed by atoms with Gasteiger partial charge < -0.3 is 14.4 Å². The van der Waals surface area contributed by atoms with Crippen LogP contribution in [0.4, 0.5) is 0 Å². The van der Waals surface area contributed by atoms with Crippen molar-refractivity contribution >= 4 is 5.97 Å². The van der Waals surface area contributed by atoms with Gasteiger partial charge in [0.25, 0.3) is 0 Å². The zero-order valence-electron chi connectivity index (χ0n) is 13.0. The highest BCUT2D eigenvalue weighted by Gasteiger charge is 2.30. The van der Waals surface area contributed by atoms with Crippen LogP contribution >= 0.6 is 0 Å². The van der Waals surface area contributed by atoms with Gasteiger partial charge in [-0.15, -0.1) is 0 Å². The highest BCUT2D eigenvalue weighted by Crippen LogP contribution is 2.23. The predicted molar refractivity (Wildman–Crippen MR) is 78.6 cm³/mol. The Morgan fingerprint density at radius 3 is 2.71 bits per heavy atom. The van der Waals surface area contributed by atoms with Crippen LogP contribution in [0.25, 0.3) is 0 Å². The maximum Gasteiger partial charge on any atom is 0.334 e. The molecule has 0 saturated carbocycles. The molecular weight excluding hydrogens is 270 g/mol. The molecule has 1 aliphatic rings. The Morgan fingerprint density at radius 1 is 1.48 bits per heavy atom. The fourth-order valence-corrected chi connectivity index (χ4v) is 2.88. The first-order chi connectivity index (χ1) is 10.0. The van der Waals surface area contributed by atoms with E-state index in [2.05, 4.69) is 33.0 Å². The average Bonchev–Trinajstić information content (AvgIpc) is 2.95. The molecule has 0 radical (unpaired) electrons. The monoisotopic (exact) mass is 295 g/mol. The van der Waals surface area contributed by atoms with Crippen molar-refractivity contribution in [3.05, 3.63) is 18.2 Å². The van der Waals surface area contributed by atoms with E-state index in [0.29, 0.717) is 6.04 Å². The zero-order chi connectivity index (χ0) is 15.4. The van der Waals surface area contributed by atoms with Crippen LogP contribution in [0.5, 0.6) is 0 Å². The van der Waals surface area contributed by atoms with Crippen molar-refractivity contribution in [1.29, 1.82) is 0 Å². The van der Waals surface area contributed by atoms with Gasteiger partial charge in [0.2, 0.25) is 0 Å². The lowest BCUT2D eigenvalue weighted by Crippen LogP contribution is -2.40. The molecule has 0 aromatic carbocycles. The molecular formula is C15H25N3O3. The molecule has 6 nitrogen and oxygen atoms in total. The van der Waals surface area contributed by atoms with E-state index in [-0.39, 0.29) is 5.92 Å². The minimum absolute atomic E-state index is 0.00135. The first kappa shape index (κ1) is 16.0. The molecule has 2 heterocycles. The molecule has 1 aliphatic heterocycles. The maximum atomic E-state index is 11.4. The van der Waals surface area contributed by atoms with Gasteiger partial charge in [-0.3, -0.25) is 4.90 Å². The van der Waals surface area contributed by atoms with Gasteiger partial charge >= 0.3 is 5.97 Å². The van der Waals surface area contributed by atoms with E-state index < -0.39 is 12.1 Å². The van der Waals surface area contributed by atoms with Crippen LogP contribution in [-0.4, -0.2) is 51.8 Å². The molecule has 21 heavy (non-hydrogen) atoms. The molecule has 1 unspecified atom stereocenters. The number of aromatic nitrogens is 2. The highest BCUT2D eigenvalue weighted by molar-refractivity contribution is 5.74. The zero-order valence-corrected chi connectivity index (χ0v) is 13.0. The summed E-state index contributed by atoms with van der Waals surface area (Å²) < 4.78 is 6.78. The Labute approximate surface area is 125 Å². The highest BCUT2D eigenvalue weighted by atomic mass is 16.5. The van der Waals surface area contributed by atoms with Crippen LogP contribution in [0, 0.1) is 5.92 Å². The topological polar surface area (TPSA) is 67.6 Å². The predicted octanol–water partition coefficient (Wildman–Crippen LogP) is 1.21. The normalized spacial score (nSPS) is 18.9. The lowest BCUT2D eigenvalue weighted by atomic mass is 9.91. The third-order valence-electron chi connectivity index (χ3n) is 4.19. The number of nitrogens with zero attached hydrogens (tertiary/aromatic N) is 3. The van der Waals surface area contributed by atoms with Crippen molar-refractivity contribution in [2.45, 2.75) is 45.4 Å². The first-order valence-corrected chi connectivity index (χ1v) is 7.53. The van der Waals surface area contributed by atoms with E-state index in [0.717, 1.165) is 38.3 Å². The Bertz CT molecular complexity index is 464. The van der Waals surface area contributed by atoms with Crippen LogP contribution in [0.1, 0.15) is 38.6 Å². The fourth-order valence-electron chi connectivity index (χ4n) is 2.88. The van der Waals surface area contributed by atoms with Crippen LogP contribution in [0.3, 0.4) is 0 Å². The molecule has 0 amide bonds. The summed E-state index contributed by atoms with van der Waals surface area (Å²) in [5.41, 5.74) is 0. The number of piperidine rings is 1. The Morgan fingerprint density at radius 2 is 2.14 bits per heavy atom. The number of carbonyl (C=O) groups excluding carboxylic acids is 1. The molecule has 118 valence electrons. The number of hydrogen-bond acceptors (Lipinski definition) is 5. The quantitative estimate of drug-likeness (QED) is 0.827. The molecule has 1 fully saturated rings. The molecule has 0 bridgehead atoms. The second-order valence-corrected chi connectivity index (χ2v) is 5.93. The molecule has 6 heteroatoms. The van der Waals surface area contributed by atoms with E-state index in [1.807, 2.05) is 12.4 Å². The van der Waals surface area contributed by atoms with Gasteiger partial charge in [0.05, 0.1) is 13.7 Å². The van der Waals surface area contributed by atoms with Crippen molar-refractivity contribution in [3.8, 4) is 0 Å². The van der Waals surface area contributed by atoms with Crippen LogP contribution < -0.4 is 0 Å². The van der Waals surface area contributed by atoms with Crippen molar-refractivity contribution in [3.63, 3.8) is 0 Å². The lowest BCUT2D eigenvalue weighted by Gasteiger charge is -2.33. The van der Waals surface area contributed by atoms with Crippen LogP contribution in [-0.2, 0) is 16.1 Å². The van der Waals surface area contributed by atoms with Crippen molar-refractivity contribution in [1.82, 2.24) is 14.5 Å². The van der Waals surface area contributed by atoms with Gasteiger partial charge in [0, 0.05) is 18.4 Å². The Balaban J connectivity index is 1.87. The number of aliphatic hydroxyl groups excluding tert-OH is 1.